The largest absolute Gasteiger partial charge is 0.489 e. The van der Waals surface area contributed by atoms with E-state index in [9.17, 15) is 0 Å². The SMILES string of the molecule is [2H]C([2H])([2H])c1ccc(OCc2ccccc2)c([C@H](CCN(C(C)C)C(C)C)c2ccccc2)c1. The molecule has 0 radical (unpaired) electrons. The molecule has 0 unspecified atom stereocenters. The van der Waals surface area contributed by atoms with Gasteiger partial charge in [0.05, 0.1) is 0 Å². The van der Waals surface area contributed by atoms with Gasteiger partial charge >= 0.3 is 0 Å². The van der Waals surface area contributed by atoms with Crippen molar-refractivity contribution < 1.29 is 8.85 Å². The fourth-order valence-electron chi connectivity index (χ4n) is 4.27. The normalized spacial score (nSPS) is 14.4. The summed E-state index contributed by atoms with van der Waals surface area (Å²) in [6.45, 7) is 8.07. The van der Waals surface area contributed by atoms with Crippen LogP contribution >= 0.6 is 0 Å². The molecule has 0 N–H and O–H groups in total. The van der Waals surface area contributed by atoms with Gasteiger partial charge < -0.3 is 4.74 Å². The minimum atomic E-state index is -2.17. The van der Waals surface area contributed by atoms with Gasteiger partial charge in [-0.05, 0) is 64.7 Å². The molecule has 0 spiro atoms. The molecule has 3 aromatic carbocycles. The van der Waals surface area contributed by atoms with Crippen LogP contribution in [-0.4, -0.2) is 23.5 Å². The second kappa shape index (κ2) is 11.2. The van der Waals surface area contributed by atoms with E-state index in [1.54, 1.807) is 6.07 Å². The molecule has 2 nitrogen and oxygen atoms in total. The lowest BCUT2D eigenvalue weighted by molar-refractivity contribution is 0.170. The topological polar surface area (TPSA) is 12.5 Å². The molecule has 0 aliphatic carbocycles. The summed E-state index contributed by atoms with van der Waals surface area (Å²) in [5.41, 5.74) is 3.53. The summed E-state index contributed by atoms with van der Waals surface area (Å²) in [6, 6.07) is 26.6. The molecular formula is C29H37NO. The number of benzene rings is 3. The van der Waals surface area contributed by atoms with Gasteiger partial charge in [0.15, 0.2) is 0 Å². The summed E-state index contributed by atoms with van der Waals surface area (Å²) in [7, 11) is 0. The molecule has 0 bridgehead atoms. The predicted molar refractivity (Wildman–Crippen MR) is 132 cm³/mol. The van der Waals surface area contributed by atoms with Crippen molar-refractivity contribution >= 4 is 0 Å². The van der Waals surface area contributed by atoms with Crippen LogP contribution in [0.2, 0.25) is 0 Å². The first-order valence-corrected chi connectivity index (χ1v) is 11.3. The summed E-state index contributed by atoms with van der Waals surface area (Å²) in [5, 5.41) is 0. The highest BCUT2D eigenvalue weighted by Gasteiger charge is 2.22. The quantitative estimate of drug-likeness (QED) is 0.345. The molecule has 0 saturated carbocycles. The van der Waals surface area contributed by atoms with Gasteiger partial charge in [-0.15, -0.1) is 0 Å². The van der Waals surface area contributed by atoms with Crippen LogP contribution in [0.5, 0.6) is 5.75 Å². The van der Waals surface area contributed by atoms with E-state index in [2.05, 4.69) is 44.7 Å². The maximum Gasteiger partial charge on any atom is 0.123 e. The van der Waals surface area contributed by atoms with E-state index in [-0.39, 0.29) is 5.92 Å². The molecule has 1 atom stereocenters. The second-order valence-electron chi connectivity index (χ2n) is 8.70. The van der Waals surface area contributed by atoms with Crippen LogP contribution in [0.1, 0.15) is 66.4 Å². The minimum absolute atomic E-state index is 0.0225. The van der Waals surface area contributed by atoms with Crippen LogP contribution in [0, 0.1) is 6.85 Å². The Balaban J connectivity index is 2.02. The first-order valence-electron chi connectivity index (χ1n) is 12.8. The fourth-order valence-corrected chi connectivity index (χ4v) is 4.27. The van der Waals surface area contributed by atoms with Crippen molar-refractivity contribution in [1.29, 1.82) is 0 Å². The predicted octanol–water partition coefficient (Wildman–Crippen LogP) is 7.21. The maximum atomic E-state index is 7.99. The van der Waals surface area contributed by atoms with Crippen LogP contribution in [0.15, 0.2) is 78.9 Å². The van der Waals surface area contributed by atoms with E-state index >= 15 is 0 Å². The molecule has 0 heterocycles. The van der Waals surface area contributed by atoms with Crippen LogP contribution in [0.25, 0.3) is 0 Å². The molecule has 3 rings (SSSR count). The molecule has 164 valence electrons. The number of aryl methyl sites for hydroxylation is 1. The van der Waals surface area contributed by atoms with Gasteiger partial charge in [-0.1, -0.05) is 78.4 Å². The molecule has 0 saturated heterocycles. The van der Waals surface area contributed by atoms with E-state index in [0.29, 0.717) is 24.3 Å². The third-order valence-electron chi connectivity index (χ3n) is 5.83. The van der Waals surface area contributed by atoms with Crippen LogP contribution in [0.3, 0.4) is 0 Å². The van der Waals surface area contributed by atoms with Crippen molar-refractivity contribution in [1.82, 2.24) is 4.90 Å². The summed E-state index contributed by atoms with van der Waals surface area (Å²) >= 11 is 0. The number of hydrogen-bond acceptors (Lipinski definition) is 2. The van der Waals surface area contributed by atoms with Gasteiger partial charge in [-0.3, -0.25) is 4.90 Å². The Morgan fingerprint density at radius 2 is 1.48 bits per heavy atom. The van der Waals surface area contributed by atoms with E-state index in [1.807, 2.05) is 60.7 Å². The van der Waals surface area contributed by atoms with Gasteiger partial charge in [-0.25, -0.2) is 0 Å². The Kier molecular flexibility index (Phi) is 6.88. The van der Waals surface area contributed by atoms with Gasteiger partial charge in [0.25, 0.3) is 0 Å². The Morgan fingerprint density at radius 3 is 2.10 bits per heavy atom. The third-order valence-corrected chi connectivity index (χ3v) is 5.83. The fraction of sp³-hybridized carbons (Fsp3) is 0.379. The average Bonchev–Trinajstić information content (AvgIpc) is 2.80. The van der Waals surface area contributed by atoms with E-state index in [4.69, 9.17) is 8.85 Å². The molecule has 2 heteroatoms. The van der Waals surface area contributed by atoms with Gasteiger partial charge in [0.2, 0.25) is 0 Å². The smallest absolute Gasteiger partial charge is 0.123 e. The van der Waals surface area contributed by atoms with Crippen molar-refractivity contribution in [3.63, 3.8) is 0 Å². The van der Waals surface area contributed by atoms with Crippen molar-refractivity contribution in [2.75, 3.05) is 6.54 Å². The molecule has 0 amide bonds. The zero-order chi connectivity index (χ0) is 24.7. The highest BCUT2D eigenvalue weighted by Crippen LogP contribution is 2.36. The Bertz CT molecular complexity index is 1010. The molecule has 0 aromatic heterocycles. The van der Waals surface area contributed by atoms with Gasteiger partial charge in [0.1, 0.15) is 12.4 Å². The second-order valence-corrected chi connectivity index (χ2v) is 8.70. The van der Waals surface area contributed by atoms with Crippen LogP contribution < -0.4 is 4.74 Å². The molecule has 0 aliphatic rings. The van der Waals surface area contributed by atoms with Crippen molar-refractivity contribution in [3.8, 4) is 5.75 Å². The number of ether oxygens (including phenoxy) is 1. The van der Waals surface area contributed by atoms with Crippen molar-refractivity contribution in [2.24, 2.45) is 0 Å². The van der Waals surface area contributed by atoms with Crippen molar-refractivity contribution in [3.05, 3.63) is 101 Å². The lowest BCUT2D eigenvalue weighted by atomic mass is 9.86. The van der Waals surface area contributed by atoms with Crippen LogP contribution in [0.4, 0.5) is 0 Å². The zero-order valence-corrected chi connectivity index (χ0v) is 19.2. The maximum absolute atomic E-state index is 7.99. The Hall–Kier alpha value is -2.58. The molecule has 0 fully saturated rings. The summed E-state index contributed by atoms with van der Waals surface area (Å²) in [4.78, 5) is 2.48. The van der Waals surface area contributed by atoms with E-state index in [1.165, 1.54) is 5.56 Å². The molecule has 3 aromatic rings. The monoisotopic (exact) mass is 418 g/mol. The highest BCUT2D eigenvalue weighted by atomic mass is 16.5. The van der Waals surface area contributed by atoms with Crippen molar-refractivity contribution in [2.45, 2.75) is 65.6 Å². The lowest BCUT2D eigenvalue weighted by Gasteiger charge is -2.32. The Labute approximate surface area is 193 Å². The number of nitrogens with zero attached hydrogens (tertiary/aromatic N) is 1. The molecular weight excluding hydrogens is 378 g/mol. The third kappa shape index (κ3) is 6.45. The zero-order valence-electron chi connectivity index (χ0n) is 22.2. The number of rotatable bonds is 10. The Morgan fingerprint density at radius 1 is 0.839 bits per heavy atom. The van der Waals surface area contributed by atoms with Gasteiger partial charge in [-0.2, -0.15) is 0 Å². The lowest BCUT2D eigenvalue weighted by Crippen LogP contribution is -2.38. The highest BCUT2D eigenvalue weighted by molar-refractivity contribution is 5.44. The summed E-state index contributed by atoms with van der Waals surface area (Å²) in [6.07, 6.45) is 0.868. The van der Waals surface area contributed by atoms with E-state index in [0.717, 1.165) is 29.8 Å². The molecule has 31 heavy (non-hydrogen) atoms. The summed E-state index contributed by atoms with van der Waals surface area (Å²) in [5.74, 6) is 0.764. The molecule has 0 aliphatic heterocycles. The first-order chi connectivity index (χ1) is 16.2. The first kappa shape index (κ1) is 19.1. The summed E-state index contributed by atoms with van der Waals surface area (Å²) < 4.78 is 30.3. The number of hydrogen-bond donors (Lipinski definition) is 0. The average molecular weight is 419 g/mol. The minimum Gasteiger partial charge on any atom is -0.489 e. The van der Waals surface area contributed by atoms with E-state index < -0.39 is 6.85 Å². The standard InChI is InChI=1S/C29H37NO/c1-22(2)30(23(3)4)19-18-27(26-14-10-7-11-15-26)28-20-24(5)16-17-29(28)31-21-25-12-8-6-9-13-25/h6-17,20,22-23,27H,18-19,21H2,1-5H3/t27-/m1/s1/i5D3. The van der Waals surface area contributed by atoms with Gasteiger partial charge in [0, 0.05) is 27.7 Å². The van der Waals surface area contributed by atoms with Crippen LogP contribution in [-0.2, 0) is 6.61 Å².